The van der Waals surface area contributed by atoms with Crippen LogP contribution in [0, 0.1) is 17.3 Å². The zero-order valence-electron chi connectivity index (χ0n) is 12.1. The number of aliphatic hydroxyl groups excluding tert-OH is 1. The molecule has 0 saturated heterocycles. The Labute approximate surface area is 107 Å². The van der Waals surface area contributed by atoms with Crippen LogP contribution in [-0.4, -0.2) is 17.3 Å². The number of hydrogen-bond donors (Lipinski definition) is 2. The maximum absolute atomic E-state index is 9.36. The maximum Gasteiger partial charge on any atom is 0.0437 e. The molecule has 0 aromatic heterocycles. The van der Waals surface area contributed by atoms with E-state index >= 15 is 0 Å². The van der Waals surface area contributed by atoms with Crippen LogP contribution in [0.2, 0.25) is 0 Å². The largest absolute Gasteiger partial charge is 0.396 e. The fourth-order valence-corrected chi connectivity index (χ4v) is 3.53. The van der Waals surface area contributed by atoms with Gasteiger partial charge in [0.15, 0.2) is 0 Å². The minimum absolute atomic E-state index is 0.144. The molecule has 17 heavy (non-hydrogen) atoms. The van der Waals surface area contributed by atoms with Crippen molar-refractivity contribution < 1.29 is 5.11 Å². The van der Waals surface area contributed by atoms with E-state index in [9.17, 15) is 5.11 Å². The van der Waals surface area contributed by atoms with Crippen molar-refractivity contribution >= 4 is 0 Å². The summed E-state index contributed by atoms with van der Waals surface area (Å²) in [5.74, 6) is 1.62. The maximum atomic E-state index is 9.36. The lowest BCUT2D eigenvalue weighted by molar-refractivity contribution is 0.0789. The highest BCUT2D eigenvalue weighted by Crippen LogP contribution is 2.47. The number of aliphatic hydroxyl groups is 1. The third kappa shape index (κ3) is 3.45. The van der Waals surface area contributed by atoms with Crippen LogP contribution >= 0.6 is 0 Å². The Balaban J connectivity index is 2.80. The monoisotopic (exact) mass is 241 g/mol. The third-order valence-electron chi connectivity index (χ3n) is 5.12. The van der Waals surface area contributed by atoms with E-state index in [1.54, 1.807) is 0 Å². The van der Waals surface area contributed by atoms with Crippen molar-refractivity contribution in [1.82, 2.24) is 0 Å². The fourth-order valence-electron chi connectivity index (χ4n) is 3.53. The Hall–Kier alpha value is -0.0800. The lowest BCUT2D eigenvalue weighted by Crippen LogP contribution is -2.51. The number of hydrogen-bond acceptors (Lipinski definition) is 2. The highest BCUT2D eigenvalue weighted by Gasteiger charge is 2.42. The summed E-state index contributed by atoms with van der Waals surface area (Å²) in [6.45, 7) is 9.21. The lowest BCUT2D eigenvalue weighted by Gasteiger charge is -2.44. The summed E-state index contributed by atoms with van der Waals surface area (Å²) in [6, 6.07) is 0. The van der Waals surface area contributed by atoms with E-state index in [1.165, 1.54) is 32.1 Å². The van der Waals surface area contributed by atoms with Crippen molar-refractivity contribution in [1.29, 1.82) is 0 Å². The topological polar surface area (TPSA) is 46.2 Å². The Morgan fingerprint density at radius 2 is 1.94 bits per heavy atom. The highest BCUT2D eigenvalue weighted by atomic mass is 16.3. The second kappa shape index (κ2) is 5.71. The molecular formula is C15H31NO. The molecule has 1 saturated carbocycles. The minimum Gasteiger partial charge on any atom is -0.396 e. The molecule has 3 N–H and O–H groups in total. The molecule has 0 bridgehead atoms. The molecule has 0 aromatic carbocycles. The normalized spacial score (nSPS) is 31.6. The summed E-state index contributed by atoms with van der Waals surface area (Å²) in [4.78, 5) is 0. The van der Waals surface area contributed by atoms with E-state index in [2.05, 4.69) is 27.7 Å². The molecule has 2 atom stereocenters. The molecular weight excluding hydrogens is 210 g/mol. The first-order chi connectivity index (χ1) is 7.82. The molecule has 0 spiro atoms. The quantitative estimate of drug-likeness (QED) is 0.742. The van der Waals surface area contributed by atoms with Gasteiger partial charge in [0.2, 0.25) is 0 Å². The summed E-state index contributed by atoms with van der Waals surface area (Å²) in [7, 11) is 0. The Morgan fingerprint density at radius 3 is 2.41 bits per heavy atom. The van der Waals surface area contributed by atoms with Crippen molar-refractivity contribution in [2.24, 2.45) is 23.0 Å². The summed E-state index contributed by atoms with van der Waals surface area (Å²) >= 11 is 0. The minimum atomic E-state index is -0.179. The molecule has 0 radical (unpaired) electrons. The van der Waals surface area contributed by atoms with Gasteiger partial charge < -0.3 is 10.8 Å². The molecule has 2 unspecified atom stereocenters. The highest BCUT2D eigenvalue weighted by molar-refractivity contribution is 4.98. The lowest BCUT2D eigenvalue weighted by atomic mass is 9.65. The van der Waals surface area contributed by atoms with Gasteiger partial charge in [0, 0.05) is 12.1 Å². The Morgan fingerprint density at radius 1 is 1.29 bits per heavy atom. The van der Waals surface area contributed by atoms with Crippen molar-refractivity contribution in [2.45, 2.75) is 71.8 Å². The molecule has 0 heterocycles. The Kier molecular flexibility index (Phi) is 5.03. The molecule has 1 aliphatic carbocycles. The van der Waals surface area contributed by atoms with Gasteiger partial charge in [-0.1, -0.05) is 26.7 Å². The standard InChI is InChI=1S/C15H31NO/c1-12(2)13-6-5-8-15(9-7-13,10-11-17)14(3,4)16/h12-13,17H,5-11,16H2,1-4H3. The van der Waals surface area contributed by atoms with Crippen LogP contribution in [0.1, 0.15) is 66.2 Å². The number of rotatable bonds is 4. The van der Waals surface area contributed by atoms with Crippen molar-refractivity contribution in [3.8, 4) is 0 Å². The van der Waals surface area contributed by atoms with Gasteiger partial charge in [-0.05, 0) is 56.8 Å². The third-order valence-corrected chi connectivity index (χ3v) is 5.12. The molecule has 0 amide bonds. The summed E-state index contributed by atoms with van der Waals surface area (Å²) in [6.07, 6.45) is 7.10. The first-order valence-corrected chi connectivity index (χ1v) is 7.22. The molecule has 1 rings (SSSR count). The first kappa shape index (κ1) is 15.0. The zero-order chi connectivity index (χ0) is 13.1. The Bertz CT molecular complexity index is 232. The van der Waals surface area contributed by atoms with Crippen LogP contribution < -0.4 is 5.73 Å². The van der Waals surface area contributed by atoms with Crippen LogP contribution in [-0.2, 0) is 0 Å². The molecule has 1 aliphatic rings. The second-order valence-electron chi connectivity index (χ2n) is 6.91. The summed E-state index contributed by atoms with van der Waals surface area (Å²) in [5, 5.41) is 9.36. The van der Waals surface area contributed by atoms with Gasteiger partial charge in [0.25, 0.3) is 0 Å². The number of nitrogens with two attached hydrogens (primary N) is 1. The van der Waals surface area contributed by atoms with Crippen LogP contribution in [0.4, 0.5) is 0 Å². The van der Waals surface area contributed by atoms with Gasteiger partial charge in [-0.15, -0.1) is 0 Å². The van der Waals surface area contributed by atoms with Crippen LogP contribution in [0.25, 0.3) is 0 Å². The smallest absolute Gasteiger partial charge is 0.0437 e. The van der Waals surface area contributed by atoms with Crippen LogP contribution in [0.5, 0.6) is 0 Å². The predicted octanol–water partition coefficient (Wildman–Crippen LogP) is 3.33. The first-order valence-electron chi connectivity index (χ1n) is 7.22. The van der Waals surface area contributed by atoms with Crippen molar-refractivity contribution in [2.75, 3.05) is 6.61 Å². The van der Waals surface area contributed by atoms with E-state index in [4.69, 9.17) is 5.73 Å². The van der Waals surface area contributed by atoms with Crippen molar-refractivity contribution in [3.05, 3.63) is 0 Å². The molecule has 2 nitrogen and oxygen atoms in total. The molecule has 102 valence electrons. The van der Waals surface area contributed by atoms with E-state index < -0.39 is 0 Å². The molecule has 1 fully saturated rings. The summed E-state index contributed by atoms with van der Waals surface area (Å²) < 4.78 is 0. The molecule has 0 aliphatic heterocycles. The summed E-state index contributed by atoms with van der Waals surface area (Å²) in [5.41, 5.74) is 6.38. The van der Waals surface area contributed by atoms with Gasteiger partial charge in [0.1, 0.15) is 0 Å². The zero-order valence-corrected chi connectivity index (χ0v) is 12.1. The van der Waals surface area contributed by atoms with Crippen LogP contribution in [0.15, 0.2) is 0 Å². The average molecular weight is 241 g/mol. The van der Waals surface area contributed by atoms with E-state index in [0.29, 0.717) is 0 Å². The van der Waals surface area contributed by atoms with Gasteiger partial charge in [-0.3, -0.25) is 0 Å². The fraction of sp³-hybridized carbons (Fsp3) is 1.00. The van der Waals surface area contributed by atoms with E-state index in [0.717, 1.165) is 18.3 Å². The second-order valence-corrected chi connectivity index (χ2v) is 6.91. The van der Waals surface area contributed by atoms with E-state index in [1.807, 2.05) is 0 Å². The van der Waals surface area contributed by atoms with Crippen LogP contribution in [0.3, 0.4) is 0 Å². The van der Waals surface area contributed by atoms with Gasteiger partial charge in [0.05, 0.1) is 0 Å². The van der Waals surface area contributed by atoms with Gasteiger partial charge in [-0.2, -0.15) is 0 Å². The molecule has 2 heteroatoms. The SMILES string of the molecule is CC(C)C1CCCC(CCO)(C(C)(C)N)CC1. The van der Waals surface area contributed by atoms with Gasteiger partial charge in [-0.25, -0.2) is 0 Å². The molecule has 0 aromatic rings. The van der Waals surface area contributed by atoms with Gasteiger partial charge >= 0.3 is 0 Å². The van der Waals surface area contributed by atoms with E-state index in [-0.39, 0.29) is 17.6 Å². The van der Waals surface area contributed by atoms with Crippen molar-refractivity contribution in [3.63, 3.8) is 0 Å². The average Bonchev–Trinajstić information content (AvgIpc) is 2.41. The predicted molar refractivity (Wildman–Crippen MR) is 73.8 cm³/mol.